The van der Waals surface area contributed by atoms with Crippen LogP contribution in [0, 0.1) is 0 Å². The first-order valence-corrected chi connectivity index (χ1v) is 8.79. The van der Waals surface area contributed by atoms with Crippen LogP contribution >= 0.6 is 11.6 Å². The highest BCUT2D eigenvalue weighted by molar-refractivity contribution is 7.89. The Kier molecular flexibility index (Phi) is 5.45. The van der Waals surface area contributed by atoms with Crippen molar-refractivity contribution in [3.8, 4) is 5.75 Å². The maximum atomic E-state index is 12.4. The van der Waals surface area contributed by atoms with E-state index in [4.69, 9.17) is 16.3 Å². The topological polar surface area (TPSA) is 55.4 Å². The van der Waals surface area contributed by atoms with E-state index in [1.54, 1.807) is 37.3 Å². The van der Waals surface area contributed by atoms with E-state index in [-0.39, 0.29) is 10.9 Å². The van der Waals surface area contributed by atoms with Gasteiger partial charge in [0.05, 0.1) is 11.5 Å². The van der Waals surface area contributed by atoms with Gasteiger partial charge < -0.3 is 4.74 Å². The summed E-state index contributed by atoms with van der Waals surface area (Å²) in [5, 5.41) is 0.574. The Labute approximate surface area is 136 Å². The number of ether oxygens (including phenoxy) is 1. The van der Waals surface area contributed by atoms with Gasteiger partial charge in [-0.25, -0.2) is 13.1 Å². The van der Waals surface area contributed by atoms with E-state index in [2.05, 4.69) is 4.72 Å². The molecular formula is C16H18ClNO3S. The third-order valence-corrected chi connectivity index (χ3v) is 4.92. The van der Waals surface area contributed by atoms with Crippen LogP contribution in [0.5, 0.6) is 5.75 Å². The first-order valence-electron chi connectivity index (χ1n) is 6.93. The van der Waals surface area contributed by atoms with Crippen molar-refractivity contribution in [2.45, 2.75) is 24.8 Å². The van der Waals surface area contributed by atoms with E-state index in [0.717, 1.165) is 5.56 Å². The second-order valence-electron chi connectivity index (χ2n) is 4.80. The van der Waals surface area contributed by atoms with Crippen molar-refractivity contribution >= 4 is 21.6 Å². The molecule has 0 saturated heterocycles. The summed E-state index contributed by atoms with van der Waals surface area (Å²) in [6.07, 6.45) is 0. The van der Waals surface area contributed by atoms with Gasteiger partial charge in [-0.15, -0.1) is 0 Å². The van der Waals surface area contributed by atoms with Gasteiger partial charge in [-0.3, -0.25) is 0 Å². The smallest absolute Gasteiger partial charge is 0.241 e. The SMILES string of the molecule is CCOc1ccc(S(=O)(=O)N[C@H](C)c2cccc(Cl)c2)cc1. The van der Waals surface area contributed by atoms with Crippen molar-refractivity contribution in [1.82, 2.24) is 4.72 Å². The quantitative estimate of drug-likeness (QED) is 0.871. The molecule has 6 heteroatoms. The van der Waals surface area contributed by atoms with Crippen molar-refractivity contribution in [1.29, 1.82) is 0 Å². The minimum atomic E-state index is -3.60. The summed E-state index contributed by atoms with van der Waals surface area (Å²) in [4.78, 5) is 0.199. The van der Waals surface area contributed by atoms with Gasteiger partial charge in [0.2, 0.25) is 10.0 Å². The number of nitrogens with one attached hydrogen (secondary N) is 1. The zero-order chi connectivity index (χ0) is 16.2. The standard InChI is InChI=1S/C16H18ClNO3S/c1-3-21-15-7-9-16(10-8-15)22(19,20)18-12(2)13-5-4-6-14(17)11-13/h4-12,18H,3H2,1-2H3/t12-/m1/s1. The third kappa shape index (κ3) is 4.22. The molecule has 0 amide bonds. The second kappa shape index (κ2) is 7.13. The normalized spacial score (nSPS) is 12.9. The number of hydrogen-bond donors (Lipinski definition) is 1. The molecule has 0 unspecified atom stereocenters. The molecular weight excluding hydrogens is 322 g/mol. The lowest BCUT2D eigenvalue weighted by Gasteiger charge is -2.15. The van der Waals surface area contributed by atoms with E-state index in [1.165, 1.54) is 12.1 Å². The van der Waals surface area contributed by atoms with Crippen molar-refractivity contribution < 1.29 is 13.2 Å². The zero-order valence-corrected chi connectivity index (χ0v) is 14.0. The maximum Gasteiger partial charge on any atom is 0.241 e. The highest BCUT2D eigenvalue weighted by atomic mass is 35.5. The number of benzene rings is 2. The molecule has 0 aliphatic heterocycles. The molecule has 4 nitrogen and oxygen atoms in total. The van der Waals surface area contributed by atoms with Crippen LogP contribution in [0.2, 0.25) is 5.02 Å². The summed E-state index contributed by atoms with van der Waals surface area (Å²) >= 11 is 5.93. The van der Waals surface area contributed by atoms with Crippen LogP contribution in [0.15, 0.2) is 53.4 Å². The molecule has 0 heterocycles. The predicted molar refractivity (Wildman–Crippen MR) is 87.8 cm³/mol. The molecule has 0 spiro atoms. The van der Waals surface area contributed by atoms with Crippen LogP contribution in [0.25, 0.3) is 0 Å². The minimum Gasteiger partial charge on any atom is -0.494 e. The molecule has 2 aromatic carbocycles. The molecule has 118 valence electrons. The van der Waals surface area contributed by atoms with E-state index < -0.39 is 10.0 Å². The summed E-state index contributed by atoms with van der Waals surface area (Å²) in [7, 11) is -3.60. The van der Waals surface area contributed by atoms with Gasteiger partial charge in [-0.2, -0.15) is 0 Å². The summed E-state index contributed by atoms with van der Waals surface area (Å²) in [5.74, 6) is 0.643. The molecule has 0 aromatic heterocycles. The van der Waals surface area contributed by atoms with E-state index in [0.29, 0.717) is 17.4 Å². The Morgan fingerprint density at radius 1 is 1.18 bits per heavy atom. The number of hydrogen-bond acceptors (Lipinski definition) is 3. The highest BCUT2D eigenvalue weighted by Gasteiger charge is 2.18. The van der Waals surface area contributed by atoms with Gasteiger partial charge in [0, 0.05) is 11.1 Å². The summed E-state index contributed by atoms with van der Waals surface area (Å²) in [6, 6.07) is 13.1. The van der Waals surface area contributed by atoms with Gasteiger partial charge in [-0.05, 0) is 55.8 Å². The Hall–Kier alpha value is -1.56. The molecule has 0 aliphatic carbocycles. The van der Waals surface area contributed by atoms with Crippen LogP contribution in [0.4, 0.5) is 0 Å². The van der Waals surface area contributed by atoms with Crippen molar-refractivity contribution in [2.75, 3.05) is 6.61 Å². The average molecular weight is 340 g/mol. The molecule has 0 aliphatic rings. The fourth-order valence-corrected chi connectivity index (χ4v) is 3.46. The monoisotopic (exact) mass is 339 g/mol. The van der Waals surface area contributed by atoms with Crippen LogP contribution in [-0.2, 0) is 10.0 Å². The molecule has 1 atom stereocenters. The first-order chi connectivity index (χ1) is 10.4. The minimum absolute atomic E-state index is 0.199. The van der Waals surface area contributed by atoms with Gasteiger partial charge in [-0.1, -0.05) is 23.7 Å². The van der Waals surface area contributed by atoms with Crippen LogP contribution in [-0.4, -0.2) is 15.0 Å². The van der Waals surface area contributed by atoms with Crippen molar-refractivity contribution in [2.24, 2.45) is 0 Å². The highest BCUT2D eigenvalue weighted by Crippen LogP contribution is 2.21. The van der Waals surface area contributed by atoms with E-state index >= 15 is 0 Å². The summed E-state index contributed by atoms with van der Waals surface area (Å²) < 4.78 is 32.7. The Bertz CT molecular complexity index is 729. The molecule has 1 N–H and O–H groups in total. The van der Waals surface area contributed by atoms with Crippen LogP contribution < -0.4 is 9.46 Å². The largest absolute Gasteiger partial charge is 0.494 e. The molecule has 0 bridgehead atoms. The van der Waals surface area contributed by atoms with Crippen molar-refractivity contribution in [3.63, 3.8) is 0 Å². The molecule has 0 saturated carbocycles. The Morgan fingerprint density at radius 2 is 1.86 bits per heavy atom. The van der Waals surface area contributed by atoms with Gasteiger partial charge in [0.15, 0.2) is 0 Å². The van der Waals surface area contributed by atoms with E-state index in [1.807, 2.05) is 13.0 Å². The third-order valence-electron chi connectivity index (χ3n) is 3.13. The fourth-order valence-electron chi connectivity index (χ4n) is 2.03. The van der Waals surface area contributed by atoms with Gasteiger partial charge in [0.1, 0.15) is 5.75 Å². The molecule has 2 rings (SSSR count). The van der Waals surface area contributed by atoms with Gasteiger partial charge >= 0.3 is 0 Å². The fraction of sp³-hybridized carbons (Fsp3) is 0.250. The number of halogens is 1. The average Bonchev–Trinajstić information content (AvgIpc) is 2.48. The Balaban J connectivity index is 2.16. The zero-order valence-electron chi connectivity index (χ0n) is 12.4. The molecule has 0 radical (unpaired) electrons. The maximum absolute atomic E-state index is 12.4. The van der Waals surface area contributed by atoms with Gasteiger partial charge in [0.25, 0.3) is 0 Å². The molecule has 22 heavy (non-hydrogen) atoms. The second-order valence-corrected chi connectivity index (χ2v) is 6.95. The molecule has 2 aromatic rings. The number of sulfonamides is 1. The molecule has 0 fully saturated rings. The summed E-state index contributed by atoms with van der Waals surface area (Å²) in [6.45, 7) is 4.19. The predicted octanol–water partition coefficient (Wildman–Crippen LogP) is 3.78. The summed E-state index contributed by atoms with van der Waals surface area (Å²) in [5.41, 5.74) is 0.807. The van der Waals surface area contributed by atoms with Crippen LogP contribution in [0.3, 0.4) is 0 Å². The van der Waals surface area contributed by atoms with Crippen LogP contribution in [0.1, 0.15) is 25.5 Å². The first kappa shape index (κ1) is 16.8. The lowest BCUT2D eigenvalue weighted by Crippen LogP contribution is -2.26. The number of rotatable bonds is 6. The Morgan fingerprint density at radius 3 is 2.45 bits per heavy atom. The lowest BCUT2D eigenvalue weighted by molar-refractivity contribution is 0.340. The van der Waals surface area contributed by atoms with E-state index in [9.17, 15) is 8.42 Å². The van der Waals surface area contributed by atoms with Crippen molar-refractivity contribution in [3.05, 3.63) is 59.1 Å². The lowest BCUT2D eigenvalue weighted by atomic mass is 10.1.